The normalized spacial score (nSPS) is 11.4. The van der Waals surface area contributed by atoms with Crippen LogP contribution in [0.3, 0.4) is 0 Å². The molecule has 0 atom stereocenters. The summed E-state index contributed by atoms with van der Waals surface area (Å²) in [4.78, 5) is 20.5. The summed E-state index contributed by atoms with van der Waals surface area (Å²) in [5.74, 6) is -0.467. The fraction of sp³-hybridized carbons (Fsp3) is 0.312. The smallest absolute Gasteiger partial charge is 0.275 e. The maximum absolute atomic E-state index is 12.4. The number of hydrogen-bond acceptors (Lipinski definition) is 6. The monoisotopic (exact) mass is 363 g/mol. The van der Waals surface area contributed by atoms with Crippen LogP contribution in [0.5, 0.6) is 0 Å². The molecule has 0 fully saturated rings. The minimum Gasteiger partial charge on any atom is -0.384 e. The third-order valence-electron chi connectivity index (χ3n) is 3.40. The van der Waals surface area contributed by atoms with Gasteiger partial charge >= 0.3 is 0 Å². The lowest BCUT2D eigenvalue weighted by atomic mass is 10.2. The Kier molecular flexibility index (Phi) is 5.70. The fourth-order valence-corrected chi connectivity index (χ4v) is 2.97. The van der Waals surface area contributed by atoms with Crippen molar-refractivity contribution in [3.63, 3.8) is 0 Å². The van der Waals surface area contributed by atoms with Crippen LogP contribution in [0.4, 0.5) is 11.4 Å². The molecule has 25 heavy (non-hydrogen) atoms. The average molecular weight is 363 g/mol. The summed E-state index contributed by atoms with van der Waals surface area (Å²) < 4.78 is 25.8. The Balaban J connectivity index is 2.39. The van der Waals surface area contributed by atoms with Crippen LogP contribution < -0.4 is 10.6 Å². The van der Waals surface area contributed by atoms with Crippen molar-refractivity contribution in [2.75, 3.05) is 31.3 Å². The molecule has 0 aliphatic heterocycles. The quantitative estimate of drug-likeness (QED) is 0.810. The first-order chi connectivity index (χ1) is 11.8. The number of amides is 1. The number of nitrogens with one attached hydrogen (secondary N) is 2. The average Bonchev–Trinajstić information content (AvgIpc) is 2.56. The van der Waals surface area contributed by atoms with Gasteiger partial charge in [-0.1, -0.05) is 0 Å². The van der Waals surface area contributed by atoms with Crippen LogP contribution in [0.15, 0.2) is 35.5 Å². The van der Waals surface area contributed by atoms with Crippen LogP contribution in [0.25, 0.3) is 0 Å². The summed E-state index contributed by atoms with van der Waals surface area (Å²) in [6, 6.07) is 4.54. The molecule has 0 radical (unpaired) electrons. The number of hydrogen-bond donors (Lipinski definition) is 2. The molecule has 2 rings (SSSR count). The summed E-state index contributed by atoms with van der Waals surface area (Å²) in [6.45, 7) is 4.29. The predicted octanol–water partition coefficient (Wildman–Crippen LogP) is 1.72. The van der Waals surface area contributed by atoms with E-state index < -0.39 is 15.9 Å². The molecule has 134 valence electrons. The van der Waals surface area contributed by atoms with Crippen molar-refractivity contribution in [1.82, 2.24) is 14.3 Å². The first-order valence-corrected chi connectivity index (χ1v) is 9.10. The number of aromatic nitrogens is 2. The predicted molar refractivity (Wildman–Crippen MR) is 96.2 cm³/mol. The number of sulfonamides is 1. The zero-order chi connectivity index (χ0) is 18.6. The van der Waals surface area contributed by atoms with E-state index in [2.05, 4.69) is 20.6 Å². The molecule has 1 heterocycles. The minimum absolute atomic E-state index is 0.0874. The van der Waals surface area contributed by atoms with Crippen molar-refractivity contribution >= 4 is 27.3 Å². The molecule has 8 nitrogen and oxygen atoms in total. The third kappa shape index (κ3) is 4.31. The number of rotatable bonds is 6. The lowest BCUT2D eigenvalue weighted by Gasteiger charge is -2.16. The summed E-state index contributed by atoms with van der Waals surface area (Å²) >= 11 is 0. The van der Waals surface area contributed by atoms with Gasteiger partial charge in [0.25, 0.3) is 5.91 Å². The van der Waals surface area contributed by atoms with E-state index in [-0.39, 0.29) is 10.6 Å². The van der Waals surface area contributed by atoms with Crippen LogP contribution in [0, 0.1) is 6.92 Å². The molecular weight excluding hydrogens is 342 g/mol. The first-order valence-electron chi connectivity index (χ1n) is 7.66. The second kappa shape index (κ2) is 7.58. The van der Waals surface area contributed by atoms with E-state index in [9.17, 15) is 13.2 Å². The van der Waals surface area contributed by atoms with Gasteiger partial charge in [-0.3, -0.25) is 9.78 Å². The van der Waals surface area contributed by atoms with Crippen molar-refractivity contribution < 1.29 is 13.2 Å². The minimum atomic E-state index is -3.61. The first kappa shape index (κ1) is 18.8. The number of carbonyl (C=O) groups excluding carboxylic acids is 1. The molecule has 0 aliphatic carbocycles. The van der Waals surface area contributed by atoms with E-state index >= 15 is 0 Å². The fourth-order valence-electron chi connectivity index (χ4n) is 2.04. The van der Waals surface area contributed by atoms with E-state index in [0.717, 1.165) is 4.31 Å². The van der Waals surface area contributed by atoms with Crippen molar-refractivity contribution in [1.29, 1.82) is 0 Å². The van der Waals surface area contributed by atoms with Gasteiger partial charge in [0, 0.05) is 26.8 Å². The number of nitrogens with zero attached hydrogens (tertiary/aromatic N) is 3. The number of aryl methyl sites for hydroxylation is 1. The van der Waals surface area contributed by atoms with Gasteiger partial charge < -0.3 is 10.6 Å². The van der Waals surface area contributed by atoms with Crippen LogP contribution in [0.2, 0.25) is 0 Å². The largest absolute Gasteiger partial charge is 0.384 e. The topological polar surface area (TPSA) is 104 Å². The molecule has 0 spiro atoms. The Hall–Kier alpha value is -2.52. The van der Waals surface area contributed by atoms with Crippen LogP contribution in [-0.4, -0.2) is 49.2 Å². The Bertz CT molecular complexity index is 864. The highest BCUT2D eigenvalue weighted by Crippen LogP contribution is 2.27. The van der Waals surface area contributed by atoms with Crippen molar-refractivity contribution in [2.45, 2.75) is 18.7 Å². The Morgan fingerprint density at radius 1 is 1.16 bits per heavy atom. The molecule has 1 aromatic carbocycles. The second-order valence-electron chi connectivity index (χ2n) is 5.52. The van der Waals surface area contributed by atoms with Crippen LogP contribution in [0.1, 0.15) is 23.1 Å². The maximum atomic E-state index is 12.4. The Morgan fingerprint density at radius 2 is 1.88 bits per heavy atom. The molecule has 0 unspecified atom stereocenters. The van der Waals surface area contributed by atoms with E-state index in [1.54, 1.807) is 13.0 Å². The molecule has 0 bridgehead atoms. The summed E-state index contributed by atoms with van der Waals surface area (Å²) in [5, 5.41) is 5.79. The van der Waals surface area contributed by atoms with Gasteiger partial charge in [0.05, 0.1) is 28.2 Å². The van der Waals surface area contributed by atoms with Gasteiger partial charge in [-0.15, -0.1) is 0 Å². The molecule has 0 aliphatic rings. The Morgan fingerprint density at radius 3 is 2.44 bits per heavy atom. The van der Waals surface area contributed by atoms with Crippen molar-refractivity contribution in [2.24, 2.45) is 0 Å². The molecule has 2 N–H and O–H groups in total. The van der Waals surface area contributed by atoms with Gasteiger partial charge in [-0.25, -0.2) is 17.7 Å². The van der Waals surface area contributed by atoms with Crippen molar-refractivity contribution in [3.8, 4) is 0 Å². The highest BCUT2D eigenvalue weighted by molar-refractivity contribution is 7.89. The summed E-state index contributed by atoms with van der Waals surface area (Å²) in [5.41, 5.74) is 1.82. The van der Waals surface area contributed by atoms with Crippen molar-refractivity contribution in [3.05, 3.63) is 42.0 Å². The van der Waals surface area contributed by atoms with Gasteiger partial charge in [0.1, 0.15) is 5.69 Å². The van der Waals surface area contributed by atoms with Gasteiger partial charge in [0.15, 0.2) is 0 Å². The van der Waals surface area contributed by atoms with E-state index in [0.29, 0.717) is 23.6 Å². The highest BCUT2D eigenvalue weighted by atomic mass is 32.2. The summed E-state index contributed by atoms with van der Waals surface area (Å²) in [7, 11) is -0.707. The lowest BCUT2D eigenvalue weighted by Crippen LogP contribution is -2.23. The molecule has 1 amide bonds. The molecular formula is C16H21N5O3S. The summed E-state index contributed by atoms with van der Waals surface area (Å²) in [6.07, 6.45) is 2.87. The highest BCUT2D eigenvalue weighted by Gasteiger charge is 2.20. The van der Waals surface area contributed by atoms with Crippen LogP contribution in [-0.2, 0) is 10.0 Å². The number of carbonyl (C=O) groups is 1. The zero-order valence-electron chi connectivity index (χ0n) is 14.6. The van der Waals surface area contributed by atoms with E-state index in [1.807, 2.05) is 6.92 Å². The SMILES string of the molecule is CCNc1ccc(S(=O)(=O)N(C)C)cc1NC(=O)c1cnc(C)cn1. The van der Waals surface area contributed by atoms with Gasteiger partial charge in [-0.05, 0) is 32.0 Å². The Labute approximate surface area is 147 Å². The van der Waals surface area contributed by atoms with Gasteiger partial charge in [-0.2, -0.15) is 0 Å². The molecule has 9 heteroatoms. The standard InChI is InChI=1S/C16H21N5O3S/c1-5-17-13-7-6-12(25(23,24)21(3)4)8-14(13)20-16(22)15-10-18-11(2)9-19-15/h6-10,17H,5H2,1-4H3,(H,20,22). The maximum Gasteiger partial charge on any atom is 0.275 e. The molecule has 1 aromatic heterocycles. The lowest BCUT2D eigenvalue weighted by molar-refractivity contribution is 0.102. The third-order valence-corrected chi connectivity index (χ3v) is 5.21. The van der Waals surface area contributed by atoms with Gasteiger partial charge in [0.2, 0.25) is 10.0 Å². The number of benzene rings is 1. The number of anilines is 2. The van der Waals surface area contributed by atoms with E-state index in [1.165, 1.54) is 38.6 Å². The molecule has 2 aromatic rings. The van der Waals surface area contributed by atoms with Crippen LogP contribution >= 0.6 is 0 Å². The second-order valence-corrected chi connectivity index (χ2v) is 7.67. The van der Waals surface area contributed by atoms with E-state index in [4.69, 9.17) is 0 Å². The zero-order valence-corrected chi connectivity index (χ0v) is 15.4. The molecule has 0 saturated heterocycles. The molecule has 0 saturated carbocycles.